The van der Waals surface area contributed by atoms with Crippen molar-refractivity contribution in [2.45, 2.75) is 4.90 Å². The Morgan fingerprint density at radius 1 is 1.09 bits per heavy atom. The summed E-state index contributed by atoms with van der Waals surface area (Å²) in [7, 11) is 3.94. The van der Waals surface area contributed by atoms with E-state index in [-0.39, 0.29) is 11.7 Å². The molecule has 0 unspecified atom stereocenters. The second-order valence-electron chi connectivity index (χ2n) is 4.83. The smallest absolute Gasteiger partial charge is 0.234 e. The normalized spacial score (nSPS) is 10.4. The average molecular weight is 355 g/mol. The van der Waals surface area contributed by atoms with Gasteiger partial charge in [-0.2, -0.15) is 0 Å². The van der Waals surface area contributed by atoms with Crippen molar-refractivity contribution in [3.63, 3.8) is 0 Å². The molecule has 0 radical (unpaired) electrons. The number of hydrogen-bond acceptors (Lipinski definition) is 3. The third-order valence-electron chi connectivity index (χ3n) is 2.93. The maximum atomic E-state index is 12.0. The Hall–Kier alpha value is -1.36. The van der Waals surface area contributed by atoms with Crippen LogP contribution in [0.3, 0.4) is 0 Å². The average Bonchev–Trinajstić information content (AvgIpc) is 2.47. The Bertz CT molecular complexity index is 639. The first kappa shape index (κ1) is 17.0. The second-order valence-corrected chi connectivity index (χ2v) is 6.63. The lowest BCUT2D eigenvalue weighted by atomic mass is 10.2. The summed E-state index contributed by atoms with van der Waals surface area (Å²) in [6.07, 6.45) is 0. The quantitative estimate of drug-likeness (QED) is 0.783. The molecule has 2 aromatic rings. The van der Waals surface area contributed by atoms with E-state index in [1.165, 1.54) is 11.8 Å². The molecule has 0 fully saturated rings. The van der Waals surface area contributed by atoms with Crippen LogP contribution in [0.4, 0.5) is 11.4 Å². The minimum Gasteiger partial charge on any atom is -0.378 e. The molecule has 0 saturated heterocycles. The third kappa shape index (κ3) is 4.57. The molecule has 0 aliphatic carbocycles. The van der Waals surface area contributed by atoms with Gasteiger partial charge in [0.1, 0.15) is 0 Å². The van der Waals surface area contributed by atoms with E-state index >= 15 is 0 Å². The fraction of sp³-hybridized carbons (Fsp3) is 0.188. The van der Waals surface area contributed by atoms with Gasteiger partial charge in [0.25, 0.3) is 0 Å². The molecular formula is C16H16Cl2N2OS. The maximum Gasteiger partial charge on any atom is 0.234 e. The van der Waals surface area contributed by atoms with Crippen LogP contribution in [-0.4, -0.2) is 25.8 Å². The van der Waals surface area contributed by atoms with Crippen molar-refractivity contribution >= 4 is 52.2 Å². The van der Waals surface area contributed by atoms with Crippen LogP contribution in [0, 0.1) is 0 Å². The minimum atomic E-state index is -0.0985. The number of nitrogens with zero attached hydrogens (tertiary/aromatic N) is 1. The van der Waals surface area contributed by atoms with Crippen molar-refractivity contribution in [2.75, 3.05) is 30.1 Å². The number of anilines is 2. The summed E-state index contributed by atoms with van der Waals surface area (Å²) in [5.41, 5.74) is 1.84. The zero-order valence-corrected chi connectivity index (χ0v) is 14.6. The number of benzene rings is 2. The Kier molecular flexibility index (Phi) is 6.00. The van der Waals surface area contributed by atoms with Crippen molar-refractivity contribution in [1.29, 1.82) is 0 Å². The molecule has 1 amide bonds. The lowest BCUT2D eigenvalue weighted by Crippen LogP contribution is -2.14. The van der Waals surface area contributed by atoms with Gasteiger partial charge in [-0.25, -0.2) is 0 Å². The van der Waals surface area contributed by atoms with Gasteiger partial charge in [0, 0.05) is 30.4 Å². The standard InChI is InChI=1S/C16H16Cl2N2OS/c1-20(2)12-8-6-11(7-9-12)19-15(21)10-22-16-13(17)4-3-5-14(16)18/h3-9H,10H2,1-2H3,(H,19,21). The van der Waals surface area contributed by atoms with Crippen molar-refractivity contribution < 1.29 is 4.79 Å². The van der Waals surface area contributed by atoms with Crippen LogP contribution in [0.25, 0.3) is 0 Å². The van der Waals surface area contributed by atoms with E-state index in [0.29, 0.717) is 10.0 Å². The highest BCUT2D eigenvalue weighted by atomic mass is 35.5. The summed E-state index contributed by atoms with van der Waals surface area (Å²) < 4.78 is 0. The van der Waals surface area contributed by atoms with Crippen LogP contribution in [0.2, 0.25) is 10.0 Å². The highest BCUT2D eigenvalue weighted by molar-refractivity contribution is 8.00. The topological polar surface area (TPSA) is 32.3 Å². The van der Waals surface area contributed by atoms with Crippen molar-refractivity contribution in [1.82, 2.24) is 0 Å². The monoisotopic (exact) mass is 354 g/mol. The molecule has 0 bridgehead atoms. The molecule has 6 heteroatoms. The Morgan fingerprint density at radius 2 is 1.68 bits per heavy atom. The Morgan fingerprint density at radius 3 is 2.23 bits per heavy atom. The third-order valence-corrected chi connectivity index (χ3v) is 4.92. The first-order valence-corrected chi connectivity index (χ1v) is 8.35. The summed E-state index contributed by atoms with van der Waals surface area (Å²) in [5, 5.41) is 3.97. The van der Waals surface area contributed by atoms with Gasteiger partial charge in [0.2, 0.25) is 5.91 Å². The summed E-state index contributed by atoms with van der Waals surface area (Å²) in [6, 6.07) is 12.9. The van der Waals surface area contributed by atoms with Crippen molar-refractivity contribution in [3.8, 4) is 0 Å². The highest BCUT2D eigenvalue weighted by Gasteiger charge is 2.09. The van der Waals surface area contributed by atoms with Gasteiger partial charge in [0.15, 0.2) is 0 Å². The van der Waals surface area contributed by atoms with Crippen LogP contribution >= 0.6 is 35.0 Å². The van der Waals surface area contributed by atoms with Gasteiger partial charge in [-0.05, 0) is 36.4 Å². The number of carbonyl (C=O) groups excluding carboxylic acids is 1. The molecule has 0 aliphatic rings. The first-order chi connectivity index (χ1) is 10.5. The molecule has 0 saturated carbocycles. The predicted molar refractivity (Wildman–Crippen MR) is 96.6 cm³/mol. The van der Waals surface area contributed by atoms with Gasteiger partial charge in [-0.1, -0.05) is 29.3 Å². The van der Waals surface area contributed by atoms with E-state index in [0.717, 1.165) is 16.3 Å². The summed E-state index contributed by atoms with van der Waals surface area (Å²) in [6.45, 7) is 0. The summed E-state index contributed by atoms with van der Waals surface area (Å²) in [4.78, 5) is 14.7. The highest BCUT2D eigenvalue weighted by Crippen LogP contribution is 2.33. The number of halogens is 2. The molecule has 116 valence electrons. The molecule has 2 aromatic carbocycles. The zero-order valence-electron chi connectivity index (χ0n) is 12.3. The molecule has 0 spiro atoms. The zero-order chi connectivity index (χ0) is 16.1. The molecular weight excluding hydrogens is 339 g/mol. The number of hydrogen-bond donors (Lipinski definition) is 1. The van der Waals surface area contributed by atoms with Crippen LogP contribution in [0.15, 0.2) is 47.4 Å². The van der Waals surface area contributed by atoms with E-state index in [1.807, 2.05) is 43.3 Å². The fourth-order valence-corrected chi connectivity index (χ4v) is 3.28. The molecule has 0 atom stereocenters. The number of nitrogens with one attached hydrogen (secondary N) is 1. The summed E-state index contributed by atoms with van der Waals surface area (Å²) in [5.74, 6) is 0.150. The SMILES string of the molecule is CN(C)c1ccc(NC(=O)CSc2c(Cl)cccc2Cl)cc1. The van der Waals surface area contributed by atoms with E-state index in [9.17, 15) is 4.79 Å². The van der Waals surface area contributed by atoms with Crippen molar-refractivity contribution in [2.24, 2.45) is 0 Å². The molecule has 0 heterocycles. The van der Waals surface area contributed by atoms with E-state index in [4.69, 9.17) is 23.2 Å². The van der Waals surface area contributed by atoms with Gasteiger partial charge < -0.3 is 10.2 Å². The predicted octanol–water partition coefficient (Wildman–Crippen LogP) is 4.79. The first-order valence-electron chi connectivity index (χ1n) is 6.61. The van der Waals surface area contributed by atoms with Gasteiger partial charge in [-0.3, -0.25) is 4.79 Å². The molecule has 1 N–H and O–H groups in total. The number of rotatable bonds is 5. The van der Waals surface area contributed by atoms with Crippen LogP contribution in [0.1, 0.15) is 0 Å². The lowest BCUT2D eigenvalue weighted by Gasteiger charge is -2.13. The van der Waals surface area contributed by atoms with Gasteiger partial charge >= 0.3 is 0 Å². The molecule has 0 aliphatic heterocycles. The van der Waals surface area contributed by atoms with Crippen LogP contribution < -0.4 is 10.2 Å². The second kappa shape index (κ2) is 7.77. The molecule has 22 heavy (non-hydrogen) atoms. The summed E-state index contributed by atoms with van der Waals surface area (Å²) >= 11 is 13.5. The fourth-order valence-electron chi connectivity index (χ4n) is 1.80. The minimum absolute atomic E-state index is 0.0985. The van der Waals surface area contributed by atoms with Crippen molar-refractivity contribution in [3.05, 3.63) is 52.5 Å². The van der Waals surface area contributed by atoms with E-state index < -0.39 is 0 Å². The van der Waals surface area contributed by atoms with Crippen LogP contribution in [-0.2, 0) is 4.79 Å². The van der Waals surface area contributed by atoms with Gasteiger partial charge in [0.05, 0.1) is 15.8 Å². The van der Waals surface area contributed by atoms with Gasteiger partial charge in [-0.15, -0.1) is 11.8 Å². The van der Waals surface area contributed by atoms with E-state index in [2.05, 4.69) is 5.32 Å². The molecule has 2 rings (SSSR count). The lowest BCUT2D eigenvalue weighted by molar-refractivity contribution is -0.113. The Labute approximate surface area is 144 Å². The molecule has 0 aromatic heterocycles. The number of amides is 1. The molecule has 3 nitrogen and oxygen atoms in total. The van der Waals surface area contributed by atoms with E-state index in [1.54, 1.807) is 18.2 Å². The number of carbonyl (C=O) groups is 1. The van der Waals surface area contributed by atoms with Crippen LogP contribution in [0.5, 0.6) is 0 Å². The maximum absolute atomic E-state index is 12.0. The Balaban J connectivity index is 1.93. The number of thioether (sulfide) groups is 1. The largest absolute Gasteiger partial charge is 0.378 e.